The van der Waals surface area contributed by atoms with Gasteiger partial charge in [-0.25, -0.2) is 4.79 Å². The second-order valence-electron chi connectivity index (χ2n) is 17.3. The number of phenols is 1. The van der Waals surface area contributed by atoms with E-state index in [0.717, 1.165) is 30.4 Å². The van der Waals surface area contributed by atoms with Crippen LogP contribution in [0.3, 0.4) is 0 Å². The Kier molecular flexibility index (Phi) is 14.4. The summed E-state index contributed by atoms with van der Waals surface area (Å²) in [5, 5.41) is 26.9. The van der Waals surface area contributed by atoms with Gasteiger partial charge in [-0.3, -0.25) is 19.4 Å². The number of aryl methyl sites for hydroxylation is 1. The number of hydrogen-bond acceptors (Lipinski definition) is 13. The number of phenolic OH excluding ortho intramolecular Hbond substituents is 1. The van der Waals surface area contributed by atoms with Crippen molar-refractivity contribution in [2.75, 3.05) is 33.3 Å². The number of methoxy groups -OCH3 is 1. The molecule has 2 aromatic rings. The van der Waals surface area contributed by atoms with Crippen molar-refractivity contribution in [2.45, 2.75) is 166 Å². The number of aliphatic hydroxyl groups excluding tert-OH is 1. The predicted molar refractivity (Wildman–Crippen MR) is 229 cm³/mol. The lowest BCUT2D eigenvalue weighted by molar-refractivity contribution is -0.184. The molecule has 2 aromatic carbocycles. The van der Waals surface area contributed by atoms with E-state index < -0.39 is 47.6 Å². The molecule has 4 bridgehead atoms. The average Bonchev–Trinajstić information content (AvgIpc) is 3.71. The summed E-state index contributed by atoms with van der Waals surface area (Å²) in [6.07, 6.45) is 15.5. The van der Waals surface area contributed by atoms with Crippen LogP contribution in [0.5, 0.6) is 28.7 Å². The van der Waals surface area contributed by atoms with Gasteiger partial charge in [0.2, 0.25) is 12.7 Å². The molecule has 13 nitrogen and oxygen atoms in total. The first-order valence-electron chi connectivity index (χ1n) is 22.3. The van der Waals surface area contributed by atoms with E-state index in [-0.39, 0.29) is 36.9 Å². The first-order chi connectivity index (χ1) is 29.0. The van der Waals surface area contributed by atoms with Crippen molar-refractivity contribution in [3.63, 3.8) is 0 Å². The predicted octanol–water partition coefficient (Wildman–Crippen LogP) is 7.62. The molecule has 0 saturated carbocycles. The van der Waals surface area contributed by atoms with Crippen LogP contribution >= 0.6 is 11.8 Å². The van der Waals surface area contributed by atoms with Crippen LogP contribution in [0.4, 0.5) is 0 Å². The van der Waals surface area contributed by atoms with Gasteiger partial charge in [0, 0.05) is 47.4 Å². The molecular weight excluding hydrogens is 787 g/mol. The number of ether oxygens (including phenoxy) is 5. The fourth-order valence-electron chi connectivity index (χ4n) is 10.4. The van der Waals surface area contributed by atoms with Gasteiger partial charge in [-0.1, -0.05) is 90.0 Å². The molecule has 0 spiro atoms. The number of thioether (sulfide) groups is 1. The number of esters is 2. The van der Waals surface area contributed by atoms with Gasteiger partial charge in [0.25, 0.3) is 0 Å². The van der Waals surface area contributed by atoms with E-state index in [4.69, 9.17) is 23.7 Å². The van der Waals surface area contributed by atoms with Crippen LogP contribution in [0.1, 0.15) is 154 Å². The zero-order valence-electron chi connectivity index (χ0n) is 36.3. The van der Waals surface area contributed by atoms with E-state index in [1.165, 1.54) is 90.0 Å². The lowest BCUT2D eigenvalue weighted by Crippen LogP contribution is -2.69. The Balaban J connectivity index is 1.14. The molecule has 0 aromatic heterocycles. The average molecular weight is 852 g/mol. The number of carbonyl (C=O) groups is 3. The highest BCUT2D eigenvalue weighted by Gasteiger charge is 2.60. The van der Waals surface area contributed by atoms with Crippen LogP contribution in [0, 0.1) is 13.8 Å². The summed E-state index contributed by atoms with van der Waals surface area (Å²) in [7, 11) is 3.50. The molecule has 6 heterocycles. The zero-order valence-corrected chi connectivity index (χ0v) is 37.1. The smallest absolute Gasteiger partial charge is 0.329 e. The van der Waals surface area contributed by atoms with Gasteiger partial charge in [0.05, 0.1) is 30.5 Å². The van der Waals surface area contributed by atoms with Gasteiger partial charge in [0.15, 0.2) is 23.0 Å². The molecular formula is C46H65N3O10S. The summed E-state index contributed by atoms with van der Waals surface area (Å²) in [5.41, 5.74) is 4.32. The number of carbonyl (C=O) groups excluding carboxylic acids is 3. The molecule has 7 atom stereocenters. The third-order valence-corrected chi connectivity index (χ3v) is 14.7. The Morgan fingerprint density at radius 3 is 2.22 bits per heavy atom. The Hall–Kier alpha value is -3.72. The van der Waals surface area contributed by atoms with Crippen LogP contribution in [-0.4, -0.2) is 95.5 Å². The number of unbranched alkanes of at least 4 members (excludes halogenated alkanes) is 12. The Morgan fingerprint density at radius 2 is 1.57 bits per heavy atom. The molecule has 1 unspecified atom stereocenters. The van der Waals surface area contributed by atoms with E-state index in [0.29, 0.717) is 58.1 Å². The molecule has 6 aliphatic heterocycles. The highest BCUT2D eigenvalue weighted by Crippen LogP contribution is 2.64. The van der Waals surface area contributed by atoms with Crippen molar-refractivity contribution in [3.8, 4) is 28.7 Å². The van der Waals surface area contributed by atoms with Crippen molar-refractivity contribution in [3.05, 3.63) is 39.4 Å². The maximum absolute atomic E-state index is 13.9. The molecule has 60 heavy (non-hydrogen) atoms. The summed E-state index contributed by atoms with van der Waals surface area (Å²) in [4.78, 5) is 44.3. The number of nitrogens with one attached hydrogen (secondary N) is 1. The molecule has 0 aliphatic carbocycles. The number of fused-ring (bicyclic) bond motifs is 10. The van der Waals surface area contributed by atoms with Crippen LogP contribution in [0.25, 0.3) is 0 Å². The highest BCUT2D eigenvalue weighted by molar-refractivity contribution is 7.99. The second kappa shape index (κ2) is 19.5. The third kappa shape index (κ3) is 8.67. The number of aromatic hydroxyl groups is 1. The number of aliphatic hydroxyl groups is 1. The second-order valence-corrected chi connectivity index (χ2v) is 18.5. The normalized spacial score (nSPS) is 25.5. The topological polar surface area (TPSA) is 156 Å². The van der Waals surface area contributed by atoms with Crippen LogP contribution in [-0.2, 0) is 25.5 Å². The first-order valence-corrected chi connectivity index (χ1v) is 23.3. The van der Waals surface area contributed by atoms with Crippen LogP contribution in [0.15, 0.2) is 6.07 Å². The SMILES string of the molecule is CCCCCCCCCCCCCCCC(=O)NC1CS[C@@H]2c3c(OC(C)=O)c(C)c4c(c3[C@H](COC1=O)N1[C@@H]2[C@H]2c3c(cc(C)c(OC)c3O)C[C@@H]([C@@H]1O)N2C)OCO4. The molecule has 8 rings (SSSR count). The molecule has 6 aliphatic rings. The molecule has 3 N–H and O–H groups in total. The van der Waals surface area contributed by atoms with Crippen molar-refractivity contribution in [2.24, 2.45) is 0 Å². The fourth-order valence-corrected chi connectivity index (χ4v) is 12.0. The van der Waals surface area contributed by atoms with E-state index in [1.54, 1.807) is 0 Å². The fraction of sp³-hybridized carbons (Fsp3) is 0.674. The van der Waals surface area contributed by atoms with Crippen LogP contribution in [0.2, 0.25) is 0 Å². The molecule has 330 valence electrons. The lowest BCUT2D eigenvalue weighted by atomic mass is 9.73. The largest absolute Gasteiger partial charge is 0.504 e. The minimum Gasteiger partial charge on any atom is -0.504 e. The molecule has 14 heteroatoms. The van der Waals surface area contributed by atoms with Crippen molar-refractivity contribution in [1.82, 2.24) is 15.1 Å². The summed E-state index contributed by atoms with van der Waals surface area (Å²) >= 11 is 1.43. The minimum absolute atomic E-state index is 0.0455. The number of hydrogen-bond donors (Lipinski definition) is 3. The molecule has 2 fully saturated rings. The molecule has 2 saturated heterocycles. The monoisotopic (exact) mass is 851 g/mol. The Labute approximate surface area is 359 Å². The number of amides is 1. The number of nitrogens with zero attached hydrogens (tertiary/aromatic N) is 2. The van der Waals surface area contributed by atoms with Crippen molar-refractivity contribution >= 4 is 29.6 Å². The van der Waals surface area contributed by atoms with Gasteiger partial charge in [0.1, 0.15) is 24.6 Å². The van der Waals surface area contributed by atoms with Gasteiger partial charge in [-0.15, -0.1) is 11.8 Å². The van der Waals surface area contributed by atoms with Crippen LogP contribution < -0.4 is 24.3 Å². The summed E-state index contributed by atoms with van der Waals surface area (Å²) in [5.74, 6) is 0.533. The Morgan fingerprint density at radius 1 is 0.917 bits per heavy atom. The van der Waals surface area contributed by atoms with E-state index in [2.05, 4.69) is 17.1 Å². The van der Waals surface area contributed by atoms with Gasteiger partial charge in [-0.2, -0.15) is 0 Å². The Bertz CT molecular complexity index is 1910. The number of piperazine rings is 1. The summed E-state index contributed by atoms with van der Waals surface area (Å²) in [6, 6.07) is -1.07. The van der Waals surface area contributed by atoms with E-state index in [9.17, 15) is 24.6 Å². The standard InChI is InChI=1S/C46H65N3O10S/c1-7-8-9-10-11-12-13-14-15-16-17-18-19-20-33(51)47-30-24-60-44-36-35(43-42(57-25-58-43)27(3)41(36)59-28(4)50)32(23-56-46(30)54)49-38(44)37-34-29(22-31(45(49)53)48(37)5)21-26(2)40(55-6)39(34)52/h21,30-32,37-38,44-45,52-53H,7-20,22-25H2,1-6H3,(H,47,51)/t30?,31-,32-,37+,38+,44+,45-/m0/s1. The minimum atomic E-state index is -1.03. The quantitative estimate of drug-likeness (QED) is 0.0813. The van der Waals surface area contributed by atoms with Gasteiger partial charge < -0.3 is 39.2 Å². The number of benzene rings is 2. The summed E-state index contributed by atoms with van der Waals surface area (Å²) in [6.45, 7) is 7.09. The van der Waals surface area contributed by atoms with Crippen molar-refractivity contribution < 1.29 is 48.3 Å². The number of likely N-dealkylation sites (N-methyl/N-ethyl adjacent to an activating group) is 1. The maximum atomic E-state index is 13.9. The third-order valence-electron chi connectivity index (χ3n) is 13.3. The molecule has 1 amide bonds. The number of rotatable bonds is 17. The van der Waals surface area contributed by atoms with Gasteiger partial charge >= 0.3 is 11.9 Å². The van der Waals surface area contributed by atoms with Crippen molar-refractivity contribution in [1.29, 1.82) is 0 Å². The van der Waals surface area contributed by atoms with E-state index >= 15 is 0 Å². The molecule has 0 radical (unpaired) electrons. The first kappa shape index (κ1) is 44.3. The maximum Gasteiger partial charge on any atom is 0.329 e. The summed E-state index contributed by atoms with van der Waals surface area (Å²) < 4.78 is 30.0. The van der Waals surface area contributed by atoms with E-state index in [1.807, 2.05) is 31.9 Å². The zero-order chi connectivity index (χ0) is 42.7. The van der Waals surface area contributed by atoms with Gasteiger partial charge in [-0.05, 0) is 44.9 Å². The lowest BCUT2D eigenvalue weighted by Gasteiger charge is -2.62. The highest BCUT2D eigenvalue weighted by atomic mass is 32.2.